The van der Waals surface area contributed by atoms with Crippen LogP contribution in [-0.4, -0.2) is 0 Å². The molecule has 0 aliphatic heterocycles. The van der Waals surface area contributed by atoms with Gasteiger partial charge < -0.3 is 0 Å². The molecule has 1 nitrogen and oxygen atoms in total. The van der Waals surface area contributed by atoms with Crippen molar-refractivity contribution in [1.29, 1.82) is 5.26 Å². The van der Waals surface area contributed by atoms with E-state index in [0.29, 0.717) is 5.92 Å². The van der Waals surface area contributed by atoms with E-state index in [-0.39, 0.29) is 0 Å². The minimum absolute atomic E-state index is 0.714. The quantitative estimate of drug-likeness (QED) is 0.165. The third-order valence-corrected chi connectivity index (χ3v) is 6.74. The first kappa shape index (κ1) is 22.0. The van der Waals surface area contributed by atoms with Crippen LogP contribution in [0.5, 0.6) is 0 Å². The maximum atomic E-state index is 8.51. The third-order valence-electron chi connectivity index (χ3n) is 6.74. The van der Waals surface area contributed by atoms with Crippen molar-refractivity contribution in [3.63, 3.8) is 0 Å². The highest BCUT2D eigenvalue weighted by molar-refractivity contribution is 5.12. The van der Waals surface area contributed by atoms with Gasteiger partial charge >= 0.3 is 0 Å². The van der Waals surface area contributed by atoms with Crippen molar-refractivity contribution < 1.29 is 0 Å². The Bertz CT molecular complexity index is 491. The summed E-state index contributed by atoms with van der Waals surface area (Å²) in [6.07, 6.45) is 32.6. The van der Waals surface area contributed by atoms with Crippen molar-refractivity contribution in [2.75, 3.05) is 0 Å². The second-order valence-electron chi connectivity index (χ2n) is 8.92. The third kappa shape index (κ3) is 9.46. The minimum atomic E-state index is 0.714. The molecule has 0 atom stereocenters. The molecule has 2 fully saturated rings. The lowest BCUT2D eigenvalue weighted by Crippen LogP contribution is -2.14. The first-order valence-corrected chi connectivity index (χ1v) is 11.7. The van der Waals surface area contributed by atoms with Crippen LogP contribution in [0, 0.1) is 35.0 Å². The first-order chi connectivity index (χ1) is 13.3. The fourth-order valence-corrected chi connectivity index (χ4v) is 4.87. The Morgan fingerprint density at radius 1 is 0.704 bits per heavy atom. The molecule has 150 valence electrons. The van der Waals surface area contributed by atoms with Crippen LogP contribution in [0.1, 0.15) is 96.8 Å². The maximum Gasteiger partial charge on any atom is 0.0912 e. The summed E-state index contributed by atoms with van der Waals surface area (Å²) in [6.45, 7) is 2.30. The molecule has 0 saturated heterocycles. The fourth-order valence-electron chi connectivity index (χ4n) is 4.87. The molecule has 0 aromatic heterocycles. The average Bonchev–Trinajstić information content (AvgIpc) is 2.71. The van der Waals surface area contributed by atoms with Gasteiger partial charge in [0.1, 0.15) is 0 Å². The molecular weight excluding hydrogens is 326 g/mol. The van der Waals surface area contributed by atoms with Gasteiger partial charge in [0, 0.05) is 6.08 Å². The van der Waals surface area contributed by atoms with E-state index in [1.54, 1.807) is 6.08 Å². The molecule has 2 aliphatic carbocycles. The molecule has 0 unspecified atom stereocenters. The van der Waals surface area contributed by atoms with Crippen LogP contribution in [0.4, 0.5) is 0 Å². The highest BCUT2D eigenvalue weighted by Crippen LogP contribution is 2.35. The first-order valence-electron chi connectivity index (χ1n) is 11.7. The number of rotatable bonds is 10. The molecule has 2 aliphatic rings. The van der Waals surface area contributed by atoms with Gasteiger partial charge in [0.2, 0.25) is 0 Å². The number of unbranched alkanes of at least 4 members (excludes halogenated alkanes) is 4. The average molecular weight is 368 g/mol. The molecular formula is C26H41N. The Kier molecular flexibility index (Phi) is 11.3. The maximum absolute atomic E-state index is 8.51. The van der Waals surface area contributed by atoms with E-state index in [9.17, 15) is 0 Å². The van der Waals surface area contributed by atoms with E-state index in [1.807, 2.05) is 18.2 Å². The van der Waals surface area contributed by atoms with Crippen molar-refractivity contribution in [3.05, 3.63) is 36.5 Å². The van der Waals surface area contributed by atoms with E-state index >= 15 is 0 Å². The summed E-state index contributed by atoms with van der Waals surface area (Å²) in [5, 5.41) is 8.51. The molecule has 0 aromatic rings. The van der Waals surface area contributed by atoms with E-state index in [0.717, 1.165) is 17.8 Å². The van der Waals surface area contributed by atoms with Crippen molar-refractivity contribution in [2.24, 2.45) is 23.7 Å². The van der Waals surface area contributed by atoms with Gasteiger partial charge in [-0.2, -0.15) is 5.26 Å². The van der Waals surface area contributed by atoms with Crippen molar-refractivity contribution in [1.82, 2.24) is 0 Å². The summed E-state index contributed by atoms with van der Waals surface area (Å²) in [7, 11) is 0. The summed E-state index contributed by atoms with van der Waals surface area (Å²) < 4.78 is 0. The lowest BCUT2D eigenvalue weighted by Gasteiger charge is -2.28. The zero-order chi connectivity index (χ0) is 19.2. The molecule has 0 aromatic carbocycles. The molecule has 2 saturated carbocycles. The predicted molar refractivity (Wildman–Crippen MR) is 117 cm³/mol. The molecule has 0 bridgehead atoms. The van der Waals surface area contributed by atoms with Gasteiger partial charge in [-0.3, -0.25) is 0 Å². The van der Waals surface area contributed by atoms with Gasteiger partial charge in [0.25, 0.3) is 0 Å². The zero-order valence-corrected chi connectivity index (χ0v) is 17.6. The second kappa shape index (κ2) is 13.8. The van der Waals surface area contributed by atoms with Crippen LogP contribution in [0.15, 0.2) is 36.5 Å². The van der Waals surface area contributed by atoms with Crippen LogP contribution in [0.2, 0.25) is 0 Å². The lowest BCUT2D eigenvalue weighted by atomic mass is 9.78. The standard InChI is InChI=1S/C26H41N/c1-2-3-4-5-7-10-23-12-16-25(17-13-23)20-21-26-18-14-24(15-19-26)11-8-6-9-22-27/h6,8-9,11,20-21,23-26H,2-5,7,10,12-19H2,1H3/b9-6?,11-8?,21-20+. The number of nitriles is 1. The normalized spacial score (nSPS) is 29.6. The number of allylic oxidation sites excluding steroid dienone is 6. The van der Waals surface area contributed by atoms with Crippen LogP contribution in [0.25, 0.3) is 0 Å². The number of nitrogens with zero attached hydrogens (tertiary/aromatic N) is 1. The van der Waals surface area contributed by atoms with Gasteiger partial charge in [-0.05, 0) is 75.0 Å². The molecule has 0 heterocycles. The molecule has 0 N–H and O–H groups in total. The molecule has 1 heteroatoms. The van der Waals surface area contributed by atoms with Gasteiger partial charge in [0.05, 0.1) is 6.07 Å². The van der Waals surface area contributed by atoms with Crippen LogP contribution >= 0.6 is 0 Å². The molecule has 27 heavy (non-hydrogen) atoms. The summed E-state index contributed by atoms with van der Waals surface area (Å²) in [5.41, 5.74) is 0. The number of hydrogen-bond donors (Lipinski definition) is 0. The van der Waals surface area contributed by atoms with Gasteiger partial charge in [-0.1, -0.05) is 75.8 Å². The number of hydrogen-bond acceptors (Lipinski definition) is 1. The Hall–Kier alpha value is -1.29. The van der Waals surface area contributed by atoms with E-state index in [4.69, 9.17) is 5.26 Å². The Labute approximate surface area is 168 Å². The molecule has 0 amide bonds. The van der Waals surface area contributed by atoms with Gasteiger partial charge in [-0.15, -0.1) is 0 Å². The summed E-state index contributed by atoms with van der Waals surface area (Å²) in [6, 6.07) is 2.04. The zero-order valence-electron chi connectivity index (χ0n) is 17.6. The second-order valence-corrected chi connectivity index (χ2v) is 8.92. The minimum Gasteiger partial charge on any atom is -0.193 e. The van der Waals surface area contributed by atoms with E-state index < -0.39 is 0 Å². The van der Waals surface area contributed by atoms with Crippen molar-refractivity contribution in [2.45, 2.75) is 96.8 Å². The summed E-state index contributed by atoms with van der Waals surface area (Å²) in [5.74, 6) is 3.40. The van der Waals surface area contributed by atoms with Crippen molar-refractivity contribution >= 4 is 0 Å². The SMILES string of the molecule is CCCCCCCC1CCC(/C=C/C2CCC(C=CC=CC#N)CC2)CC1. The van der Waals surface area contributed by atoms with E-state index in [1.165, 1.54) is 89.9 Å². The van der Waals surface area contributed by atoms with Crippen LogP contribution < -0.4 is 0 Å². The van der Waals surface area contributed by atoms with Gasteiger partial charge in [-0.25, -0.2) is 0 Å². The summed E-state index contributed by atoms with van der Waals surface area (Å²) >= 11 is 0. The Morgan fingerprint density at radius 2 is 1.26 bits per heavy atom. The summed E-state index contributed by atoms with van der Waals surface area (Å²) in [4.78, 5) is 0. The molecule has 0 radical (unpaired) electrons. The monoisotopic (exact) mass is 367 g/mol. The Balaban J connectivity index is 1.57. The fraction of sp³-hybridized carbons (Fsp3) is 0.731. The van der Waals surface area contributed by atoms with Crippen LogP contribution in [0.3, 0.4) is 0 Å². The topological polar surface area (TPSA) is 23.8 Å². The van der Waals surface area contributed by atoms with E-state index in [2.05, 4.69) is 25.2 Å². The van der Waals surface area contributed by atoms with Gasteiger partial charge in [0.15, 0.2) is 0 Å². The van der Waals surface area contributed by atoms with Crippen molar-refractivity contribution in [3.8, 4) is 6.07 Å². The van der Waals surface area contributed by atoms with Crippen LogP contribution in [-0.2, 0) is 0 Å². The highest BCUT2D eigenvalue weighted by atomic mass is 14.3. The molecule has 2 rings (SSSR count). The predicted octanol–water partition coefficient (Wildman–Crippen LogP) is 8.15. The largest absolute Gasteiger partial charge is 0.193 e. The molecule has 0 spiro atoms. The highest BCUT2D eigenvalue weighted by Gasteiger charge is 2.21. The Morgan fingerprint density at radius 3 is 1.85 bits per heavy atom. The smallest absolute Gasteiger partial charge is 0.0912 e. The lowest BCUT2D eigenvalue weighted by molar-refractivity contribution is 0.287.